The predicted octanol–water partition coefficient (Wildman–Crippen LogP) is 1.27. The number of hydrogen-bond donors (Lipinski definition) is 1. The van der Waals surface area contributed by atoms with Crippen LogP contribution in [0.2, 0.25) is 0 Å². The zero-order chi connectivity index (χ0) is 12.5. The van der Waals surface area contributed by atoms with E-state index in [-0.39, 0.29) is 12.1 Å². The number of rotatable bonds is 7. The zero-order valence-electron chi connectivity index (χ0n) is 11.2. The van der Waals surface area contributed by atoms with Gasteiger partial charge in [0.25, 0.3) is 0 Å². The van der Waals surface area contributed by atoms with E-state index in [9.17, 15) is 5.11 Å². The molecule has 0 aromatic carbocycles. The van der Waals surface area contributed by atoms with E-state index < -0.39 is 0 Å². The molecule has 0 heterocycles. The lowest BCUT2D eigenvalue weighted by Gasteiger charge is -2.33. The molecule has 0 saturated heterocycles. The molecule has 0 amide bonds. The average molecular weight is 245 g/mol. The third-order valence-electron chi connectivity index (χ3n) is 3.58. The van der Waals surface area contributed by atoms with Crippen molar-refractivity contribution < 1.29 is 14.6 Å². The Balaban J connectivity index is 2.51. The Morgan fingerprint density at radius 3 is 2.18 bits per heavy atom. The molecule has 4 heteroatoms. The maximum atomic E-state index is 10.2. The molecule has 0 spiro atoms. The summed E-state index contributed by atoms with van der Waals surface area (Å²) in [6.07, 6.45) is 5.45. The van der Waals surface area contributed by atoms with E-state index in [1.54, 1.807) is 14.2 Å². The van der Waals surface area contributed by atoms with E-state index in [1.165, 1.54) is 12.8 Å². The Morgan fingerprint density at radius 2 is 1.59 bits per heavy atom. The molecule has 1 aliphatic carbocycles. The van der Waals surface area contributed by atoms with Crippen LogP contribution in [0.3, 0.4) is 0 Å². The molecule has 2 atom stereocenters. The van der Waals surface area contributed by atoms with Crippen molar-refractivity contribution in [2.75, 3.05) is 40.5 Å². The number of ether oxygens (including phenoxy) is 2. The van der Waals surface area contributed by atoms with Crippen LogP contribution in [0.1, 0.15) is 32.1 Å². The van der Waals surface area contributed by atoms with Gasteiger partial charge in [0, 0.05) is 33.4 Å². The summed E-state index contributed by atoms with van der Waals surface area (Å²) in [4.78, 5) is 2.32. The van der Waals surface area contributed by atoms with E-state index in [1.807, 2.05) is 0 Å². The van der Waals surface area contributed by atoms with Gasteiger partial charge in [-0.3, -0.25) is 4.90 Å². The first-order valence-corrected chi connectivity index (χ1v) is 6.69. The minimum absolute atomic E-state index is 0.189. The van der Waals surface area contributed by atoms with Gasteiger partial charge in [-0.1, -0.05) is 19.3 Å². The van der Waals surface area contributed by atoms with Crippen molar-refractivity contribution in [2.24, 2.45) is 0 Å². The van der Waals surface area contributed by atoms with E-state index in [0.717, 1.165) is 32.4 Å². The maximum Gasteiger partial charge on any atom is 0.0695 e. The quantitative estimate of drug-likeness (QED) is 0.686. The number of aliphatic hydroxyl groups is 1. The molecule has 1 saturated carbocycles. The van der Waals surface area contributed by atoms with Crippen molar-refractivity contribution in [3.05, 3.63) is 0 Å². The van der Waals surface area contributed by atoms with Crippen LogP contribution in [0.15, 0.2) is 0 Å². The molecule has 17 heavy (non-hydrogen) atoms. The predicted molar refractivity (Wildman–Crippen MR) is 68.2 cm³/mol. The van der Waals surface area contributed by atoms with Crippen molar-refractivity contribution in [1.82, 2.24) is 4.90 Å². The topological polar surface area (TPSA) is 41.9 Å². The van der Waals surface area contributed by atoms with Gasteiger partial charge >= 0.3 is 0 Å². The Morgan fingerprint density at radius 1 is 1.00 bits per heavy atom. The second-order valence-corrected chi connectivity index (χ2v) is 4.79. The molecular formula is C13H27NO3. The third kappa shape index (κ3) is 5.34. The monoisotopic (exact) mass is 245 g/mol. The summed E-state index contributed by atoms with van der Waals surface area (Å²) in [6.45, 7) is 3.18. The standard InChI is InChI=1S/C13H27NO3/c1-16-10-8-14(9-11-17-2)12-6-4-3-5-7-13(12)15/h12-13,15H,3-11H2,1-2H3. The van der Waals surface area contributed by atoms with Crippen LogP contribution in [0.5, 0.6) is 0 Å². The lowest BCUT2D eigenvalue weighted by Crippen LogP contribution is -2.46. The van der Waals surface area contributed by atoms with Gasteiger partial charge < -0.3 is 14.6 Å². The Labute approximate surface area is 105 Å². The second kappa shape index (κ2) is 8.86. The van der Waals surface area contributed by atoms with Crippen LogP contribution >= 0.6 is 0 Å². The fraction of sp³-hybridized carbons (Fsp3) is 1.00. The van der Waals surface area contributed by atoms with Crippen molar-refractivity contribution in [3.8, 4) is 0 Å². The number of nitrogens with zero attached hydrogens (tertiary/aromatic N) is 1. The van der Waals surface area contributed by atoms with Gasteiger partial charge in [0.2, 0.25) is 0 Å². The van der Waals surface area contributed by atoms with Crippen molar-refractivity contribution >= 4 is 0 Å². The zero-order valence-corrected chi connectivity index (χ0v) is 11.2. The molecule has 1 rings (SSSR count). The Hall–Kier alpha value is -0.160. The third-order valence-corrected chi connectivity index (χ3v) is 3.58. The van der Waals surface area contributed by atoms with Crippen molar-refractivity contribution in [3.63, 3.8) is 0 Å². The molecule has 4 nitrogen and oxygen atoms in total. The van der Waals surface area contributed by atoms with Crippen LogP contribution in [0.25, 0.3) is 0 Å². The second-order valence-electron chi connectivity index (χ2n) is 4.79. The molecule has 0 aliphatic heterocycles. The summed E-state index contributed by atoms with van der Waals surface area (Å²) < 4.78 is 10.3. The molecule has 0 aromatic rings. The molecule has 102 valence electrons. The molecule has 1 aliphatic rings. The van der Waals surface area contributed by atoms with Crippen LogP contribution < -0.4 is 0 Å². The van der Waals surface area contributed by atoms with Gasteiger partial charge in [-0.05, 0) is 12.8 Å². The van der Waals surface area contributed by atoms with E-state index in [0.29, 0.717) is 13.2 Å². The fourth-order valence-electron chi connectivity index (χ4n) is 2.55. The molecule has 1 N–H and O–H groups in total. The maximum absolute atomic E-state index is 10.2. The van der Waals surface area contributed by atoms with Gasteiger partial charge in [-0.2, -0.15) is 0 Å². The van der Waals surface area contributed by atoms with E-state index in [2.05, 4.69) is 4.90 Å². The summed E-state index contributed by atoms with van der Waals surface area (Å²) >= 11 is 0. The summed E-state index contributed by atoms with van der Waals surface area (Å²) in [6, 6.07) is 0.280. The SMILES string of the molecule is COCCN(CCOC)C1CCCCCC1O. The Bertz CT molecular complexity index is 182. The lowest BCUT2D eigenvalue weighted by molar-refractivity contribution is 0.0172. The normalized spacial score (nSPS) is 26.1. The van der Waals surface area contributed by atoms with Gasteiger partial charge in [-0.15, -0.1) is 0 Å². The average Bonchev–Trinajstić information content (AvgIpc) is 2.55. The summed E-state index contributed by atoms with van der Waals surface area (Å²) in [5.41, 5.74) is 0. The first kappa shape index (κ1) is 14.9. The highest BCUT2D eigenvalue weighted by molar-refractivity contribution is 4.81. The van der Waals surface area contributed by atoms with E-state index >= 15 is 0 Å². The minimum Gasteiger partial charge on any atom is -0.391 e. The Kier molecular flexibility index (Phi) is 7.77. The van der Waals surface area contributed by atoms with Crippen LogP contribution in [0.4, 0.5) is 0 Å². The lowest BCUT2D eigenvalue weighted by atomic mass is 10.0. The van der Waals surface area contributed by atoms with Crippen LogP contribution in [-0.4, -0.2) is 62.7 Å². The summed E-state index contributed by atoms with van der Waals surface area (Å²) in [7, 11) is 3.44. The molecule has 2 unspecified atom stereocenters. The molecule has 0 radical (unpaired) electrons. The van der Waals surface area contributed by atoms with Gasteiger partial charge in [0.05, 0.1) is 19.3 Å². The van der Waals surface area contributed by atoms with Crippen molar-refractivity contribution in [2.45, 2.75) is 44.2 Å². The van der Waals surface area contributed by atoms with Crippen LogP contribution in [-0.2, 0) is 9.47 Å². The fourth-order valence-corrected chi connectivity index (χ4v) is 2.55. The molecular weight excluding hydrogens is 218 g/mol. The van der Waals surface area contributed by atoms with Gasteiger partial charge in [-0.25, -0.2) is 0 Å². The smallest absolute Gasteiger partial charge is 0.0695 e. The van der Waals surface area contributed by atoms with Crippen LogP contribution in [0, 0.1) is 0 Å². The molecule has 0 aromatic heterocycles. The van der Waals surface area contributed by atoms with E-state index in [4.69, 9.17) is 9.47 Å². The highest BCUT2D eigenvalue weighted by Gasteiger charge is 2.26. The highest BCUT2D eigenvalue weighted by Crippen LogP contribution is 2.22. The van der Waals surface area contributed by atoms with Gasteiger partial charge in [0.1, 0.15) is 0 Å². The first-order chi connectivity index (χ1) is 8.29. The molecule has 1 fully saturated rings. The summed E-state index contributed by atoms with van der Waals surface area (Å²) in [5.74, 6) is 0. The van der Waals surface area contributed by atoms with Gasteiger partial charge in [0.15, 0.2) is 0 Å². The van der Waals surface area contributed by atoms with Crippen molar-refractivity contribution in [1.29, 1.82) is 0 Å². The number of hydrogen-bond acceptors (Lipinski definition) is 4. The molecule has 0 bridgehead atoms. The first-order valence-electron chi connectivity index (χ1n) is 6.69. The number of aliphatic hydroxyl groups excluding tert-OH is 1. The highest BCUT2D eigenvalue weighted by atomic mass is 16.5. The summed E-state index contributed by atoms with van der Waals surface area (Å²) in [5, 5.41) is 10.2. The minimum atomic E-state index is -0.189. The number of methoxy groups -OCH3 is 2. The largest absolute Gasteiger partial charge is 0.391 e.